The largest absolute Gasteiger partial charge is 0.357 e. The van der Waals surface area contributed by atoms with Crippen molar-refractivity contribution in [3.8, 4) is 6.07 Å². The Morgan fingerprint density at radius 2 is 2.21 bits per heavy atom. The van der Waals surface area contributed by atoms with Gasteiger partial charge in [-0.15, -0.1) is 0 Å². The van der Waals surface area contributed by atoms with Gasteiger partial charge in [-0.1, -0.05) is 6.92 Å². The molecule has 3 heteroatoms. The fourth-order valence-corrected chi connectivity index (χ4v) is 1.34. The summed E-state index contributed by atoms with van der Waals surface area (Å²) >= 11 is 0. The van der Waals surface area contributed by atoms with Crippen LogP contribution < -0.4 is 4.90 Å². The number of pyridine rings is 1. The van der Waals surface area contributed by atoms with Crippen LogP contribution in [-0.2, 0) is 0 Å². The molecule has 0 N–H and O–H groups in total. The molecule has 0 saturated heterocycles. The maximum absolute atomic E-state index is 8.62. The fraction of sp³-hybridized carbons (Fsp3) is 0.455. The van der Waals surface area contributed by atoms with E-state index in [1.807, 2.05) is 6.07 Å². The molecule has 0 atom stereocenters. The summed E-state index contributed by atoms with van der Waals surface area (Å²) in [4.78, 5) is 6.44. The SMILES string of the molecule is CCCN(CC)c1ccc(C#N)cn1. The molecule has 1 aromatic heterocycles. The van der Waals surface area contributed by atoms with Crippen molar-refractivity contribution in [2.24, 2.45) is 0 Å². The van der Waals surface area contributed by atoms with Crippen LogP contribution in [0.2, 0.25) is 0 Å². The minimum Gasteiger partial charge on any atom is -0.357 e. The van der Waals surface area contributed by atoms with Gasteiger partial charge in [0, 0.05) is 19.3 Å². The van der Waals surface area contributed by atoms with Gasteiger partial charge in [-0.05, 0) is 25.5 Å². The summed E-state index contributed by atoms with van der Waals surface area (Å²) < 4.78 is 0. The molecule has 0 aliphatic rings. The van der Waals surface area contributed by atoms with Crippen LogP contribution in [-0.4, -0.2) is 18.1 Å². The number of hydrogen-bond acceptors (Lipinski definition) is 3. The molecule has 1 aromatic rings. The number of rotatable bonds is 4. The van der Waals surface area contributed by atoms with Gasteiger partial charge in [0.15, 0.2) is 0 Å². The number of nitriles is 1. The summed E-state index contributed by atoms with van der Waals surface area (Å²) in [6.45, 7) is 6.21. The normalized spacial score (nSPS) is 9.50. The third-order valence-corrected chi connectivity index (χ3v) is 2.08. The quantitative estimate of drug-likeness (QED) is 0.729. The predicted octanol–water partition coefficient (Wildman–Crippen LogP) is 2.19. The monoisotopic (exact) mass is 189 g/mol. The van der Waals surface area contributed by atoms with E-state index in [1.165, 1.54) is 0 Å². The molecule has 14 heavy (non-hydrogen) atoms. The third kappa shape index (κ3) is 2.46. The first-order valence-electron chi connectivity index (χ1n) is 4.93. The Morgan fingerprint density at radius 1 is 1.43 bits per heavy atom. The van der Waals surface area contributed by atoms with Gasteiger partial charge in [-0.3, -0.25) is 0 Å². The van der Waals surface area contributed by atoms with Crippen LogP contribution in [0.15, 0.2) is 18.3 Å². The summed E-state index contributed by atoms with van der Waals surface area (Å²) in [6, 6.07) is 5.77. The van der Waals surface area contributed by atoms with Gasteiger partial charge in [-0.25, -0.2) is 4.98 Å². The van der Waals surface area contributed by atoms with E-state index in [2.05, 4.69) is 29.8 Å². The minimum atomic E-state index is 0.612. The van der Waals surface area contributed by atoms with Gasteiger partial charge in [-0.2, -0.15) is 5.26 Å². The second-order valence-electron chi connectivity index (χ2n) is 3.10. The van der Waals surface area contributed by atoms with E-state index in [1.54, 1.807) is 12.3 Å². The number of nitrogens with zero attached hydrogens (tertiary/aromatic N) is 3. The average molecular weight is 189 g/mol. The van der Waals surface area contributed by atoms with Crippen molar-refractivity contribution < 1.29 is 0 Å². The highest BCUT2D eigenvalue weighted by molar-refractivity contribution is 5.41. The van der Waals surface area contributed by atoms with E-state index in [4.69, 9.17) is 5.26 Å². The zero-order chi connectivity index (χ0) is 10.4. The second-order valence-corrected chi connectivity index (χ2v) is 3.10. The van der Waals surface area contributed by atoms with Gasteiger partial charge in [0.05, 0.1) is 5.56 Å². The lowest BCUT2D eigenvalue weighted by Crippen LogP contribution is -2.24. The Hall–Kier alpha value is -1.56. The molecular weight excluding hydrogens is 174 g/mol. The maximum atomic E-state index is 8.62. The highest BCUT2D eigenvalue weighted by Crippen LogP contribution is 2.10. The molecule has 0 unspecified atom stereocenters. The van der Waals surface area contributed by atoms with Crippen molar-refractivity contribution in [3.63, 3.8) is 0 Å². The number of hydrogen-bond donors (Lipinski definition) is 0. The Bertz CT molecular complexity index is 310. The Morgan fingerprint density at radius 3 is 2.64 bits per heavy atom. The predicted molar refractivity (Wildman–Crippen MR) is 57.1 cm³/mol. The first kappa shape index (κ1) is 10.5. The van der Waals surface area contributed by atoms with E-state index < -0.39 is 0 Å². The van der Waals surface area contributed by atoms with Gasteiger partial charge < -0.3 is 4.90 Å². The standard InChI is InChI=1S/C11H15N3/c1-3-7-14(4-2)11-6-5-10(8-12)9-13-11/h5-6,9H,3-4,7H2,1-2H3. The topological polar surface area (TPSA) is 39.9 Å². The third-order valence-electron chi connectivity index (χ3n) is 2.08. The van der Waals surface area contributed by atoms with Crippen LogP contribution in [0.3, 0.4) is 0 Å². The summed E-state index contributed by atoms with van der Waals surface area (Å²) in [5.41, 5.74) is 0.612. The van der Waals surface area contributed by atoms with Crippen LogP contribution in [0.4, 0.5) is 5.82 Å². The fourth-order valence-electron chi connectivity index (χ4n) is 1.34. The summed E-state index contributed by atoms with van der Waals surface area (Å²) in [5, 5.41) is 8.62. The summed E-state index contributed by atoms with van der Waals surface area (Å²) in [6.07, 6.45) is 2.73. The van der Waals surface area contributed by atoms with Gasteiger partial charge in [0.2, 0.25) is 0 Å². The smallest absolute Gasteiger partial charge is 0.128 e. The molecule has 0 bridgehead atoms. The Kier molecular flexibility index (Phi) is 3.93. The van der Waals surface area contributed by atoms with Crippen LogP contribution in [0.25, 0.3) is 0 Å². The van der Waals surface area contributed by atoms with Gasteiger partial charge in [0.25, 0.3) is 0 Å². The Labute approximate surface area is 85.0 Å². The molecule has 0 spiro atoms. The minimum absolute atomic E-state index is 0.612. The lowest BCUT2D eigenvalue weighted by Gasteiger charge is -2.20. The molecule has 0 aromatic carbocycles. The van der Waals surface area contributed by atoms with Crippen LogP contribution in [0, 0.1) is 11.3 Å². The van der Waals surface area contributed by atoms with Crippen LogP contribution in [0.1, 0.15) is 25.8 Å². The van der Waals surface area contributed by atoms with Crippen molar-refractivity contribution in [3.05, 3.63) is 23.9 Å². The molecule has 0 radical (unpaired) electrons. The van der Waals surface area contributed by atoms with Crippen molar-refractivity contribution in [2.75, 3.05) is 18.0 Å². The van der Waals surface area contributed by atoms with E-state index in [0.717, 1.165) is 25.3 Å². The van der Waals surface area contributed by atoms with Crippen molar-refractivity contribution in [1.82, 2.24) is 4.98 Å². The summed E-state index contributed by atoms with van der Waals surface area (Å²) in [5.74, 6) is 0.952. The second kappa shape index (κ2) is 5.23. The van der Waals surface area contributed by atoms with E-state index in [9.17, 15) is 0 Å². The number of aromatic nitrogens is 1. The molecule has 0 amide bonds. The van der Waals surface area contributed by atoms with Crippen LogP contribution >= 0.6 is 0 Å². The molecule has 0 aliphatic heterocycles. The van der Waals surface area contributed by atoms with E-state index in [-0.39, 0.29) is 0 Å². The lowest BCUT2D eigenvalue weighted by molar-refractivity contribution is 0.778. The lowest BCUT2D eigenvalue weighted by atomic mass is 10.3. The molecule has 1 rings (SSSR count). The summed E-state index contributed by atoms with van der Waals surface area (Å²) in [7, 11) is 0. The van der Waals surface area contributed by atoms with Crippen molar-refractivity contribution in [1.29, 1.82) is 5.26 Å². The van der Waals surface area contributed by atoms with Gasteiger partial charge in [0.1, 0.15) is 11.9 Å². The van der Waals surface area contributed by atoms with E-state index in [0.29, 0.717) is 5.56 Å². The first-order valence-corrected chi connectivity index (χ1v) is 4.93. The molecular formula is C11H15N3. The zero-order valence-corrected chi connectivity index (χ0v) is 8.70. The average Bonchev–Trinajstić information content (AvgIpc) is 2.26. The molecule has 1 heterocycles. The highest BCUT2D eigenvalue weighted by atomic mass is 15.2. The molecule has 0 aliphatic carbocycles. The van der Waals surface area contributed by atoms with Gasteiger partial charge >= 0.3 is 0 Å². The molecule has 0 fully saturated rings. The molecule has 0 saturated carbocycles. The highest BCUT2D eigenvalue weighted by Gasteiger charge is 2.03. The first-order chi connectivity index (χ1) is 6.81. The van der Waals surface area contributed by atoms with E-state index >= 15 is 0 Å². The Balaban J connectivity index is 2.79. The molecule has 3 nitrogen and oxygen atoms in total. The zero-order valence-electron chi connectivity index (χ0n) is 8.70. The van der Waals surface area contributed by atoms with Crippen molar-refractivity contribution in [2.45, 2.75) is 20.3 Å². The maximum Gasteiger partial charge on any atom is 0.128 e. The number of anilines is 1. The van der Waals surface area contributed by atoms with Crippen molar-refractivity contribution >= 4 is 5.82 Å². The molecule has 74 valence electrons. The van der Waals surface area contributed by atoms with Crippen LogP contribution in [0.5, 0.6) is 0 Å².